The zero-order chi connectivity index (χ0) is 26.0. The van der Waals surface area contributed by atoms with Crippen LogP contribution in [0.15, 0.2) is 120 Å². The van der Waals surface area contributed by atoms with Crippen LogP contribution in [-0.2, 0) is 0 Å². The van der Waals surface area contributed by atoms with Crippen LogP contribution in [0.25, 0.3) is 17.0 Å². The van der Waals surface area contributed by atoms with E-state index in [1.54, 1.807) is 0 Å². The fraction of sp³-hybridized carbons (Fsp3) is 0.265. The Balaban J connectivity index is 2.18. The minimum Gasteiger partial charge on any atom is -0.248 e. The maximum absolute atomic E-state index is 4.80. The van der Waals surface area contributed by atoms with Crippen LogP contribution in [0.4, 0.5) is 0 Å². The lowest BCUT2D eigenvalue weighted by Gasteiger charge is -2.26. The van der Waals surface area contributed by atoms with Crippen molar-refractivity contribution in [3.63, 3.8) is 0 Å². The third-order valence-corrected chi connectivity index (χ3v) is 6.08. The van der Waals surface area contributed by atoms with Crippen molar-refractivity contribution in [1.82, 2.24) is 4.98 Å². The lowest BCUT2D eigenvalue weighted by atomic mass is 9.79. The lowest BCUT2D eigenvalue weighted by Crippen LogP contribution is -2.12. The molecule has 0 saturated carbocycles. The first kappa shape index (κ1) is 27.8. The molecule has 0 bridgehead atoms. The third kappa shape index (κ3) is 8.07. The van der Waals surface area contributed by atoms with Gasteiger partial charge >= 0.3 is 0 Å². The number of rotatable bonds is 10. The van der Waals surface area contributed by atoms with E-state index in [0.717, 1.165) is 46.2 Å². The topological polar surface area (TPSA) is 12.9 Å². The van der Waals surface area contributed by atoms with E-state index in [1.165, 1.54) is 16.7 Å². The van der Waals surface area contributed by atoms with Gasteiger partial charge < -0.3 is 0 Å². The van der Waals surface area contributed by atoms with Gasteiger partial charge in [-0.15, -0.1) is 0 Å². The first-order valence-electron chi connectivity index (χ1n) is 12.4. The SMILES string of the molecule is C=C/C=C(\C(=C/C)CCC(=C)/C(C=C)=C/C(=C\C)/C=C/c1ccc2ccc(C)cc2n1)C(C)(C)C. The van der Waals surface area contributed by atoms with Crippen LogP contribution in [0.3, 0.4) is 0 Å². The Kier molecular flexibility index (Phi) is 10.2. The summed E-state index contributed by atoms with van der Waals surface area (Å²) in [6.07, 6.45) is 18.3. The van der Waals surface area contributed by atoms with Gasteiger partial charge in [0.15, 0.2) is 0 Å². The second-order valence-corrected chi connectivity index (χ2v) is 9.84. The molecule has 0 saturated heterocycles. The summed E-state index contributed by atoms with van der Waals surface area (Å²) in [6, 6.07) is 10.5. The van der Waals surface area contributed by atoms with Gasteiger partial charge in [0, 0.05) is 5.39 Å². The first-order chi connectivity index (χ1) is 16.6. The van der Waals surface area contributed by atoms with Crippen LogP contribution in [0, 0.1) is 12.3 Å². The Hall–Kier alpha value is -3.45. The van der Waals surface area contributed by atoms with E-state index in [9.17, 15) is 0 Å². The monoisotopic (exact) mass is 463 g/mol. The number of nitrogens with zero attached hydrogens (tertiary/aromatic N) is 1. The fourth-order valence-electron chi connectivity index (χ4n) is 4.05. The van der Waals surface area contributed by atoms with Crippen LogP contribution >= 0.6 is 0 Å². The van der Waals surface area contributed by atoms with Gasteiger partial charge in [-0.3, -0.25) is 0 Å². The molecule has 0 amide bonds. The average Bonchev–Trinajstić information content (AvgIpc) is 2.82. The fourth-order valence-corrected chi connectivity index (χ4v) is 4.05. The number of allylic oxidation sites excluding steroid dienone is 12. The Morgan fingerprint density at radius 1 is 1.00 bits per heavy atom. The minimum absolute atomic E-state index is 0.0624. The molecular formula is C34H41N. The molecule has 0 aliphatic carbocycles. The molecule has 0 aliphatic heterocycles. The second kappa shape index (κ2) is 12.9. The number of hydrogen-bond donors (Lipinski definition) is 0. The van der Waals surface area contributed by atoms with Gasteiger partial charge in [-0.05, 0) is 96.7 Å². The Bertz CT molecular complexity index is 1230. The first-order valence-corrected chi connectivity index (χ1v) is 12.4. The van der Waals surface area contributed by atoms with Crippen molar-refractivity contribution in [2.24, 2.45) is 5.41 Å². The summed E-state index contributed by atoms with van der Waals surface area (Å²) in [7, 11) is 0. The maximum Gasteiger partial charge on any atom is 0.0711 e. The van der Waals surface area contributed by atoms with E-state index in [4.69, 9.17) is 4.98 Å². The normalized spacial score (nSPS) is 14.0. The van der Waals surface area contributed by atoms with Gasteiger partial charge in [0.2, 0.25) is 0 Å². The summed E-state index contributed by atoms with van der Waals surface area (Å²) >= 11 is 0. The Morgan fingerprint density at radius 2 is 1.71 bits per heavy atom. The molecule has 0 N–H and O–H groups in total. The molecule has 35 heavy (non-hydrogen) atoms. The second-order valence-electron chi connectivity index (χ2n) is 9.84. The van der Waals surface area contributed by atoms with Gasteiger partial charge in [0.05, 0.1) is 11.2 Å². The molecule has 1 aromatic heterocycles. The summed E-state index contributed by atoms with van der Waals surface area (Å²) in [5.41, 5.74) is 9.14. The van der Waals surface area contributed by atoms with Crippen molar-refractivity contribution in [2.45, 2.75) is 54.4 Å². The third-order valence-electron chi connectivity index (χ3n) is 6.08. The van der Waals surface area contributed by atoms with Crippen molar-refractivity contribution >= 4 is 17.0 Å². The van der Waals surface area contributed by atoms with Gasteiger partial charge in [-0.1, -0.05) is 95.2 Å². The van der Waals surface area contributed by atoms with Crippen molar-refractivity contribution in [1.29, 1.82) is 0 Å². The van der Waals surface area contributed by atoms with Crippen LogP contribution in [0.5, 0.6) is 0 Å². The molecule has 182 valence electrons. The predicted octanol–water partition coefficient (Wildman–Crippen LogP) is 10.1. The average molecular weight is 464 g/mol. The molecule has 2 rings (SSSR count). The van der Waals surface area contributed by atoms with E-state index >= 15 is 0 Å². The molecule has 1 heterocycles. The van der Waals surface area contributed by atoms with Gasteiger partial charge in [0.1, 0.15) is 0 Å². The molecule has 0 spiro atoms. The summed E-state index contributed by atoms with van der Waals surface area (Å²) in [4.78, 5) is 4.80. The number of aryl methyl sites for hydroxylation is 1. The summed E-state index contributed by atoms with van der Waals surface area (Å²) < 4.78 is 0. The van der Waals surface area contributed by atoms with E-state index in [-0.39, 0.29) is 5.41 Å². The highest BCUT2D eigenvalue weighted by atomic mass is 14.7. The molecule has 0 unspecified atom stereocenters. The summed E-state index contributed by atoms with van der Waals surface area (Å²) in [5.74, 6) is 0. The number of benzene rings is 1. The van der Waals surface area contributed by atoms with E-state index < -0.39 is 0 Å². The van der Waals surface area contributed by atoms with Crippen molar-refractivity contribution in [3.05, 3.63) is 132 Å². The molecule has 0 radical (unpaired) electrons. The van der Waals surface area contributed by atoms with E-state index in [1.807, 2.05) is 19.1 Å². The van der Waals surface area contributed by atoms with E-state index in [0.29, 0.717) is 0 Å². The maximum atomic E-state index is 4.80. The number of fused-ring (bicyclic) bond motifs is 1. The Labute approximate surface area is 213 Å². The highest BCUT2D eigenvalue weighted by molar-refractivity contribution is 5.80. The van der Waals surface area contributed by atoms with E-state index in [2.05, 4.69) is 121 Å². The molecular weight excluding hydrogens is 422 g/mol. The van der Waals surface area contributed by atoms with Crippen LogP contribution in [-0.4, -0.2) is 4.98 Å². The zero-order valence-electron chi connectivity index (χ0n) is 22.5. The number of pyridine rings is 1. The quantitative estimate of drug-likeness (QED) is 0.319. The lowest BCUT2D eigenvalue weighted by molar-refractivity contribution is 0.506. The zero-order valence-corrected chi connectivity index (χ0v) is 22.5. The predicted molar refractivity (Wildman–Crippen MR) is 157 cm³/mol. The van der Waals surface area contributed by atoms with Crippen LogP contribution in [0.2, 0.25) is 0 Å². The molecule has 1 nitrogen and oxygen atoms in total. The standard InChI is InChI=1S/C34H41N/c1-10-14-32(34(7,8)9)28(12-3)19-16-26(6)29(13-4)24-27(11-2)17-21-31-22-20-30-18-15-25(5)23-33(30)35-31/h10-15,17-18,20-24H,1,4,6,16,19H2,2-3,5,7-9H3/b21-17+,27-11-,28-12-,29-24+,32-14+. The summed E-state index contributed by atoms with van der Waals surface area (Å²) in [6.45, 7) is 25.3. The highest BCUT2D eigenvalue weighted by Crippen LogP contribution is 2.34. The molecule has 1 aromatic carbocycles. The molecule has 2 aromatic rings. The number of hydrogen-bond acceptors (Lipinski definition) is 1. The smallest absolute Gasteiger partial charge is 0.0711 e. The summed E-state index contributed by atoms with van der Waals surface area (Å²) in [5, 5.41) is 1.15. The molecule has 0 atom stereocenters. The molecule has 1 heteroatoms. The van der Waals surface area contributed by atoms with Gasteiger partial charge in [-0.25, -0.2) is 4.98 Å². The van der Waals surface area contributed by atoms with Gasteiger partial charge in [-0.2, -0.15) is 0 Å². The number of aromatic nitrogens is 1. The molecule has 0 aliphatic rings. The van der Waals surface area contributed by atoms with Crippen molar-refractivity contribution in [2.75, 3.05) is 0 Å². The van der Waals surface area contributed by atoms with Gasteiger partial charge in [0.25, 0.3) is 0 Å². The van der Waals surface area contributed by atoms with Crippen molar-refractivity contribution in [3.8, 4) is 0 Å². The highest BCUT2D eigenvalue weighted by Gasteiger charge is 2.19. The van der Waals surface area contributed by atoms with Crippen molar-refractivity contribution < 1.29 is 0 Å². The van der Waals surface area contributed by atoms with Crippen LogP contribution in [0.1, 0.15) is 58.7 Å². The largest absolute Gasteiger partial charge is 0.248 e. The molecule has 0 fully saturated rings. The Morgan fingerprint density at radius 3 is 2.31 bits per heavy atom. The minimum atomic E-state index is 0.0624. The van der Waals surface area contributed by atoms with Crippen LogP contribution < -0.4 is 0 Å².